The van der Waals surface area contributed by atoms with Crippen LogP contribution in [0.1, 0.15) is 0 Å². The van der Waals surface area contributed by atoms with Gasteiger partial charge in [-0.1, -0.05) is 17.3 Å². The third kappa shape index (κ3) is 4.31. The van der Waals surface area contributed by atoms with E-state index in [0.717, 1.165) is 0 Å². The number of thiophene rings is 1. The van der Waals surface area contributed by atoms with Gasteiger partial charge in [-0.25, -0.2) is 4.39 Å². The summed E-state index contributed by atoms with van der Waals surface area (Å²) < 4.78 is 29.2. The number of carbonyl (C=O) groups is 1. The zero-order valence-electron chi connectivity index (χ0n) is 15.8. The van der Waals surface area contributed by atoms with Gasteiger partial charge in [0.15, 0.2) is 18.1 Å². The number of carbonyl (C=O) groups excluding carboxylic acids is 1. The average molecular weight is 425 g/mol. The number of ether oxygens (including phenoxy) is 2. The van der Waals surface area contributed by atoms with E-state index >= 15 is 0 Å². The van der Waals surface area contributed by atoms with E-state index in [-0.39, 0.29) is 24.2 Å². The van der Waals surface area contributed by atoms with Crippen molar-refractivity contribution in [2.45, 2.75) is 0 Å². The van der Waals surface area contributed by atoms with Crippen molar-refractivity contribution in [3.63, 3.8) is 0 Å². The highest BCUT2D eigenvalue weighted by Crippen LogP contribution is 2.34. The number of rotatable bonds is 7. The number of nitrogens with one attached hydrogen (secondary N) is 1. The minimum absolute atomic E-state index is 0.194. The van der Waals surface area contributed by atoms with E-state index in [1.807, 2.05) is 6.07 Å². The van der Waals surface area contributed by atoms with Crippen LogP contribution in [0.4, 0.5) is 10.1 Å². The van der Waals surface area contributed by atoms with Crippen molar-refractivity contribution < 1.29 is 23.2 Å². The summed E-state index contributed by atoms with van der Waals surface area (Å²) >= 11 is 1.34. The molecule has 0 fully saturated rings. The van der Waals surface area contributed by atoms with Crippen molar-refractivity contribution in [2.24, 2.45) is 0 Å². The topological polar surface area (TPSA) is 86.5 Å². The standard InChI is InChI=1S/C21H16FN3O4S/c1-27-16-4-2-3-5-17(16)28-12-18(26)23-15-10-11-30-19(15)21-24-20(25-29-21)13-6-8-14(22)9-7-13/h2-11H,12H2,1H3,(H,23,26). The Morgan fingerprint density at radius 2 is 1.90 bits per heavy atom. The Balaban J connectivity index is 1.44. The molecule has 0 saturated heterocycles. The maximum absolute atomic E-state index is 13.1. The molecule has 0 aliphatic heterocycles. The van der Waals surface area contributed by atoms with Crippen LogP contribution in [-0.2, 0) is 4.79 Å². The molecule has 30 heavy (non-hydrogen) atoms. The fraction of sp³-hybridized carbons (Fsp3) is 0.0952. The first-order valence-electron chi connectivity index (χ1n) is 8.87. The summed E-state index contributed by atoms with van der Waals surface area (Å²) in [6, 6.07) is 14.6. The highest BCUT2D eigenvalue weighted by atomic mass is 32.1. The average Bonchev–Trinajstić information content (AvgIpc) is 3.42. The van der Waals surface area contributed by atoms with Crippen molar-refractivity contribution >= 4 is 22.9 Å². The normalized spacial score (nSPS) is 10.6. The SMILES string of the molecule is COc1ccccc1OCC(=O)Nc1ccsc1-c1nc(-c2ccc(F)cc2)no1. The quantitative estimate of drug-likeness (QED) is 0.465. The molecule has 2 aromatic heterocycles. The molecule has 2 heterocycles. The second kappa shape index (κ2) is 8.75. The van der Waals surface area contributed by atoms with Gasteiger partial charge in [-0.2, -0.15) is 4.98 Å². The predicted molar refractivity (Wildman–Crippen MR) is 110 cm³/mol. The van der Waals surface area contributed by atoms with Gasteiger partial charge in [0.25, 0.3) is 11.8 Å². The van der Waals surface area contributed by atoms with Crippen molar-refractivity contribution in [3.8, 4) is 33.7 Å². The molecule has 0 radical (unpaired) electrons. The summed E-state index contributed by atoms with van der Waals surface area (Å²) in [7, 11) is 1.53. The van der Waals surface area contributed by atoms with E-state index in [0.29, 0.717) is 33.5 Å². The summed E-state index contributed by atoms with van der Waals surface area (Å²) in [5.74, 6) is 0.905. The Kier molecular flexibility index (Phi) is 5.71. The Bertz CT molecular complexity index is 1160. The first-order chi connectivity index (χ1) is 14.6. The number of benzene rings is 2. The molecule has 0 aliphatic carbocycles. The summed E-state index contributed by atoms with van der Waals surface area (Å²) in [6.45, 7) is -0.194. The van der Waals surface area contributed by atoms with Gasteiger partial charge in [-0.05, 0) is 47.8 Å². The van der Waals surface area contributed by atoms with Crippen LogP contribution in [-0.4, -0.2) is 29.8 Å². The second-order valence-electron chi connectivity index (χ2n) is 6.08. The molecule has 1 N–H and O–H groups in total. The molecule has 0 unspecified atom stereocenters. The Hall–Kier alpha value is -3.72. The largest absolute Gasteiger partial charge is 0.493 e. The van der Waals surface area contributed by atoms with E-state index < -0.39 is 0 Å². The van der Waals surface area contributed by atoms with Gasteiger partial charge >= 0.3 is 0 Å². The van der Waals surface area contributed by atoms with Crippen LogP contribution in [0.2, 0.25) is 0 Å². The molecule has 7 nitrogen and oxygen atoms in total. The maximum atomic E-state index is 13.1. The van der Waals surface area contributed by atoms with E-state index in [9.17, 15) is 9.18 Å². The number of anilines is 1. The van der Waals surface area contributed by atoms with Crippen LogP contribution < -0.4 is 14.8 Å². The van der Waals surface area contributed by atoms with Crippen LogP contribution in [0.3, 0.4) is 0 Å². The number of para-hydroxylation sites is 2. The Morgan fingerprint density at radius 3 is 2.67 bits per heavy atom. The fourth-order valence-corrected chi connectivity index (χ4v) is 3.44. The summed E-state index contributed by atoms with van der Waals surface area (Å²) in [4.78, 5) is 17.3. The summed E-state index contributed by atoms with van der Waals surface area (Å²) in [5.41, 5.74) is 1.15. The van der Waals surface area contributed by atoms with E-state index in [4.69, 9.17) is 14.0 Å². The van der Waals surface area contributed by atoms with Gasteiger partial charge in [-0.15, -0.1) is 11.3 Å². The molecule has 0 atom stereocenters. The van der Waals surface area contributed by atoms with E-state index in [1.54, 1.807) is 41.8 Å². The second-order valence-corrected chi connectivity index (χ2v) is 7.00. The highest BCUT2D eigenvalue weighted by molar-refractivity contribution is 7.14. The monoisotopic (exact) mass is 425 g/mol. The van der Waals surface area contributed by atoms with Crippen molar-refractivity contribution in [1.29, 1.82) is 0 Å². The van der Waals surface area contributed by atoms with Crippen LogP contribution in [0, 0.1) is 5.82 Å². The van der Waals surface area contributed by atoms with Gasteiger partial charge in [0, 0.05) is 5.56 Å². The van der Waals surface area contributed by atoms with Gasteiger partial charge < -0.3 is 19.3 Å². The highest BCUT2D eigenvalue weighted by Gasteiger charge is 2.17. The molecule has 4 aromatic rings. The number of halogens is 1. The lowest BCUT2D eigenvalue weighted by atomic mass is 10.2. The third-order valence-electron chi connectivity index (χ3n) is 4.09. The lowest BCUT2D eigenvalue weighted by Gasteiger charge is -2.10. The molecular weight excluding hydrogens is 409 g/mol. The molecule has 4 rings (SSSR count). The number of amides is 1. The first kappa shape index (κ1) is 19.6. The number of aromatic nitrogens is 2. The van der Waals surface area contributed by atoms with Crippen LogP contribution in [0.25, 0.3) is 22.2 Å². The van der Waals surface area contributed by atoms with Gasteiger partial charge in [0.05, 0.1) is 12.8 Å². The molecule has 1 amide bonds. The molecule has 0 spiro atoms. The van der Waals surface area contributed by atoms with Gasteiger partial charge in [0.1, 0.15) is 10.7 Å². The number of nitrogens with zero attached hydrogens (tertiary/aromatic N) is 2. The zero-order chi connectivity index (χ0) is 20.9. The van der Waals surface area contributed by atoms with E-state index in [1.165, 1.54) is 30.6 Å². The van der Waals surface area contributed by atoms with Crippen molar-refractivity contribution in [1.82, 2.24) is 10.1 Å². The summed E-state index contributed by atoms with van der Waals surface area (Å²) in [6.07, 6.45) is 0. The van der Waals surface area contributed by atoms with Gasteiger partial charge in [0.2, 0.25) is 5.82 Å². The minimum atomic E-state index is -0.348. The smallest absolute Gasteiger partial charge is 0.270 e. The van der Waals surface area contributed by atoms with Crippen LogP contribution >= 0.6 is 11.3 Å². The van der Waals surface area contributed by atoms with Crippen LogP contribution in [0.15, 0.2) is 64.5 Å². The molecule has 0 aliphatic rings. The molecule has 9 heteroatoms. The molecular formula is C21H16FN3O4S. The van der Waals surface area contributed by atoms with Gasteiger partial charge in [-0.3, -0.25) is 4.79 Å². The lowest BCUT2D eigenvalue weighted by molar-refractivity contribution is -0.118. The Morgan fingerprint density at radius 1 is 1.13 bits per heavy atom. The fourth-order valence-electron chi connectivity index (χ4n) is 2.67. The summed E-state index contributed by atoms with van der Waals surface area (Å²) in [5, 5.41) is 8.52. The van der Waals surface area contributed by atoms with Crippen LogP contribution in [0.5, 0.6) is 11.5 Å². The maximum Gasteiger partial charge on any atom is 0.270 e. The van der Waals surface area contributed by atoms with Crippen molar-refractivity contribution in [2.75, 3.05) is 19.0 Å². The minimum Gasteiger partial charge on any atom is -0.493 e. The number of hydrogen-bond donors (Lipinski definition) is 1. The molecule has 0 bridgehead atoms. The lowest BCUT2D eigenvalue weighted by Crippen LogP contribution is -2.20. The van der Waals surface area contributed by atoms with E-state index in [2.05, 4.69) is 15.5 Å². The molecule has 0 saturated carbocycles. The van der Waals surface area contributed by atoms with Crippen molar-refractivity contribution in [3.05, 3.63) is 65.8 Å². The number of methoxy groups -OCH3 is 1. The first-order valence-corrected chi connectivity index (χ1v) is 9.75. The third-order valence-corrected chi connectivity index (χ3v) is 4.99. The molecule has 152 valence electrons. The molecule has 2 aromatic carbocycles. The predicted octanol–water partition coefficient (Wildman–Crippen LogP) is 4.63. The number of hydrogen-bond acceptors (Lipinski definition) is 7. The zero-order valence-corrected chi connectivity index (χ0v) is 16.6. The Labute approximate surface area is 175 Å².